The van der Waals surface area contributed by atoms with Gasteiger partial charge in [-0.25, -0.2) is 0 Å². The number of allylic oxidation sites excluding steroid dienone is 1. The smallest absolute Gasteiger partial charge is 0.248 e. The Morgan fingerprint density at radius 1 is 1.20 bits per heavy atom. The van der Waals surface area contributed by atoms with E-state index >= 15 is 0 Å². The number of anilines is 2. The Hall–Kier alpha value is -3.74. The number of pyridine rings is 1. The third kappa shape index (κ3) is 4.38. The van der Waals surface area contributed by atoms with Crippen LogP contribution in [0.2, 0.25) is 0 Å². The summed E-state index contributed by atoms with van der Waals surface area (Å²) in [6.45, 7) is 0. The molecule has 25 heavy (non-hydrogen) atoms. The van der Waals surface area contributed by atoms with Crippen molar-refractivity contribution < 1.29 is 4.79 Å². The molecule has 0 bridgehead atoms. The number of nitrogen functional groups attached to an aromatic ring is 1. The lowest BCUT2D eigenvalue weighted by atomic mass is 10.0. The SMILES string of the molecule is N=CC(=CN)c1ccncc1/C=C/C(=O)Nc1ccc(N)c(C=N)c1. The summed E-state index contributed by atoms with van der Waals surface area (Å²) in [7, 11) is 0. The van der Waals surface area contributed by atoms with E-state index in [9.17, 15) is 4.79 Å². The zero-order chi connectivity index (χ0) is 18.2. The molecule has 0 saturated heterocycles. The number of hydrogen-bond acceptors (Lipinski definition) is 6. The van der Waals surface area contributed by atoms with E-state index in [2.05, 4.69) is 10.3 Å². The number of aromatic nitrogens is 1. The summed E-state index contributed by atoms with van der Waals surface area (Å²) < 4.78 is 0. The second-order valence-electron chi connectivity index (χ2n) is 5.04. The first kappa shape index (κ1) is 17.6. The molecule has 7 N–H and O–H groups in total. The summed E-state index contributed by atoms with van der Waals surface area (Å²) in [5.41, 5.74) is 14.7. The minimum atomic E-state index is -0.344. The Morgan fingerprint density at radius 2 is 2.00 bits per heavy atom. The van der Waals surface area contributed by atoms with E-state index < -0.39 is 0 Å². The fourth-order valence-electron chi connectivity index (χ4n) is 2.14. The molecule has 0 saturated carbocycles. The Balaban J connectivity index is 2.19. The molecule has 7 nitrogen and oxygen atoms in total. The zero-order valence-electron chi connectivity index (χ0n) is 13.4. The van der Waals surface area contributed by atoms with Crippen LogP contribution in [0.5, 0.6) is 0 Å². The van der Waals surface area contributed by atoms with Crippen LogP contribution in [0.15, 0.2) is 48.9 Å². The third-order valence-electron chi connectivity index (χ3n) is 3.42. The van der Waals surface area contributed by atoms with Gasteiger partial charge >= 0.3 is 0 Å². The fraction of sp³-hybridized carbons (Fsp3) is 0. The van der Waals surface area contributed by atoms with Gasteiger partial charge in [0.05, 0.1) is 0 Å². The normalized spacial score (nSPS) is 11.3. The highest BCUT2D eigenvalue weighted by Gasteiger charge is 2.05. The highest BCUT2D eigenvalue weighted by Crippen LogP contribution is 2.18. The van der Waals surface area contributed by atoms with Crippen LogP contribution in [0.25, 0.3) is 11.6 Å². The molecule has 7 heteroatoms. The zero-order valence-corrected chi connectivity index (χ0v) is 13.4. The Kier molecular flexibility index (Phi) is 5.78. The van der Waals surface area contributed by atoms with E-state index in [1.54, 1.807) is 42.7 Å². The molecule has 0 aliphatic heterocycles. The number of nitrogens with two attached hydrogens (primary N) is 2. The largest absolute Gasteiger partial charge is 0.404 e. The van der Waals surface area contributed by atoms with Crippen molar-refractivity contribution in [1.29, 1.82) is 10.8 Å². The number of amides is 1. The van der Waals surface area contributed by atoms with Gasteiger partial charge in [0.1, 0.15) is 0 Å². The lowest BCUT2D eigenvalue weighted by molar-refractivity contribution is -0.111. The molecule has 126 valence electrons. The van der Waals surface area contributed by atoms with Gasteiger partial charge in [-0.2, -0.15) is 0 Å². The maximum absolute atomic E-state index is 12.1. The van der Waals surface area contributed by atoms with Gasteiger partial charge in [-0.3, -0.25) is 9.78 Å². The second kappa shape index (κ2) is 8.21. The van der Waals surface area contributed by atoms with Crippen molar-refractivity contribution in [3.05, 3.63) is 65.6 Å². The van der Waals surface area contributed by atoms with Gasteiger partial charge in [0, 0.05) is 65.2 Å². The van der Waals surface area contributed by atoms with Crippen LogP contribution in [0, 0.1) is 10.8 Å². The van der Waals surface area contributed by atoms with Crippen molar-refractivity contribution >= 4 is 41.4 Å². The van der Waals surface area contributed by atoms with E-state index in [4.69, 9.17) is 22.3 Å². The van der Waals surface area contributed by atoms with E-state index in [1.165, 1.54) is 12.3 Å². The molecule has 0 atom stereocenters. The lowest BCUT2D eigenvalue weighted by Gasteiger charge is -2.06. The Morgan fingerprint density at radius 3 is 2.68 bits per heavy atom. The molecule has 2 aromatic rings. The number of nitrogens with one attached hydrogen (secondary N) is 3. The van der Waals surface area contributed by atoms with Crippen molar-refractivity contribution in [2.75, 3.05) is 11.1 Å². The molecule has 2 rings (SSSR count). The molecule has 1 aromatic heterocycles. The predicted molar refractivity (Wildman–Crippen MR) is 102 cm³/mol. The molecule has 1 heterocycles. The van der Waals surface area contributed by atoms with Crippen LogP contribution < -0.4 is 16.8 Å². The van der Waals surface area contributed by atoms with Crippen LogP contribution >= 0.6 is 0 Å². The first-order chi connectivity index (χ1) is 12.1. The minimum Gasteiger partial charge on any atom is -0.404 e. The van der Waals surface area contributed by atoms with E-state index in [-0.39, 0.29) is 5.91 Å². The monoisotopic (exact) mass is 334 g/mol. The van der Waals surface area contributed by atoms with Crippen molar-refractivity contribution in [1.82, 2.24) is 4.98 Å². The van der Waals surface area contributed by atoms with Gasteiger partial charge in [0.15, 0.2) is 0 Å². The second-order valence-corrected chi connectivity index (χ2v) is 5.04. The van der Waals surface area contributed by atoms with Crippen molar-refractivity contribution in [2.45, 2.75) is 0 Å². The first-order valence-electron chi connectivity index (χ1n) is 7.35. The maximum Gasteiger partial charge on any atom is 0.248 e. The third-order valence-corrected chi connectivity index (χ3v) is 3.42. The van der Waals surface area contributed by atoms with Crippen molar-refractivity contribution in [3.63, 3.8) is 0 Å². The number of hydrogen-bond donors (Lipinski definition) is 5. The summed E-state index contributed by atoms with van der Waals surface area (Å²) >= 11 is 0. The topological polar surface area (TPSA) is 142 Å². The van der Waals surface area contributed by atoms with Crippen molar-refractivity contribution in [2.24, 2.45) is 5.73 Å². The standard InChI is InChI=1S/C18H18N6O/c19-8-13-7-15(2-3-17(13)22)24-18(25)4-1-12-11-23-6-5-16(12)14(9-20)10-21/h1-11,19-20H,21-22H2,(H,24,25)/b4-1+,14-10?,19-8?,20-9?. The molecule has 1 aromatic carbocycles. The summed E-state index contributed by atoms with van der Waals surface area (Å²) in [6.07, 6.45) is 9.72. The molecule has 1 amide bonds. The average Bonchev–Trinajstić information content (AvgIpc) is 2.63. The van der Waals surface area contributed by atoms with Gasteiger partial charge in [-0.15, -0.1) is 0 Å². The number of carbonyl (C=O) groups is 1. The van der Waals surface area contributed by atoms with Crippen LogP contribution in [0.3, 0.4) is 0 Å². The molecule has 0 radical (unpaired) electrons. The minimum absolute atomic E-state index is 0.344. The molecule has 0 aliphatic carbocycles. The van der Waals surface area contributed by atoms with E-state index in [0.717, 1.165) is 12.4 Å². The molecule has 0 spiro atoms. The summed E-state index contributed by atoms with van der Waals surface area (Å²) in [5, 5.41) is 17.4. The van der Waals surface area contributed by atoms with Gasteiger partial charge in [0.2, 0.25) is 5.91 Å². The summed E-state index contributed by atoms with van der Waals surface area (Å²) in [6, 6.07) is 6.63. The number of benzene rings is 1. The molecule has 0 fully saturated rings. The molecule has 0 aliphatic rings. The molecular formula is C18H18N6O. The van der Waals surface area contributed by atoms with Crippen molar-refractivity contribution in [3.8, 4) is 0 Å². The number of rotatable bonds is 6. The first-order valence-corrected chi connectivity index (χ1v) is 7.35. The van der Waals surface area contributed by atoms with E-state index in [0.29, 0.717) is 33.6 Å². The Bertz CT molecular complexity index is 870. The maximum atomic E-state index is 12.1. The number of carbonyl (C=O) groups excluding carboxylic acids is 1. The Labute approximate surface area is 145 Å². The van der Waals surface area contributed by atoms with Crippen LogP contribution in [0.1, 0.15) is 16.7 Å². The summed E-state index contributed by atoms with van der Waals surface area (Å²) in [4.78, 5) is 16.1. The average molecular weight is 334 g/mol. The predicted octanol–water partition coefficient (Wildman–Crippen LogP) is 2.26. The molecular weight excluding hydrogens is 316 g/mol. The lowest BCUT2D eigenvalue weighted by Crippen LogP contribution is -2.08. The highest BCUT2D eigenvalue weighted by atomic mass is 16.1. The fourth-order valence-corrected chi connectivity index (χ4v) is 2.14. The quantitative estimate of drug-likeness (QED) is 0.314. The van der Waals surface area contributed by atoms with Crippen LogP contribution in [-0.2, 0) is 4.79 Å². The number of nitrogens with zero attached hydrogens (tertiary/aromatic N) is 1. The van der Waals surface area contributed by atoms with Crippen LogP contribution in [0.4, 0.5) is 11.4 Å². The van der Waals surface area contributed by atoms with Gasteiger partial charge in [-0.1, -0.05) is 0 Å². The summed E-state index contributed by atoms with van der Waals surface area (Å²) in [5.74, 6) is -0.344. The molecule has 0 unspecified atom stereocenters. The van der Waals surface area contributed by atoms with Crippen LogP contribution in [-0.4, -0.2) is 23.3 Å². The van der Waals surface area contributed by atoms with E-state index in [1.807, 2.05) is 0 Å². The van der Waals surface area contributed by atoms with Gasteiger partial charge in [0.25, 0.3) is 0 Å². The van der Waals surface area contributed by atoms with Gasteiger partial charge in [-0.05, 0) is 35.9 Å². The highest BCUT2D eigenvalue weighted by molar-refractivity contribution is 6.10. The van der Waals surface area contributed by atoms with Gasteiger partial charge < -0.3 is 27.6 Å².